The van der Waals surface area contributed by atoms with Gasteiger partial charge in [0.25, 0.3) is 0 Å². The molecular formula is C10H11NOS. The molecular weight excluding hydrogens is 182 g/mol. The van der Waals surface area contributed by atoms with Gasteiger partial charge in [-0.3, -0.25) is 4.79 Å². The molecule has 0 aliphatic carbocycles. The van der Waals surface area contributed by atoms with Crippen LogP contribution in [0, 0.1) is 23.2 Å². The van der Waals surface area contributed by atoms with E-state index in [4.69, 9.17) is 5.26 Å². The second kappa shape index (κ2) is 4.20. The number of hydrogen-bond acceptors (Lipinski definition) is 3. The average Bonchev–Trinajstić information content (AvgIpc) is 2.56. The van der Waals surface area contributed by atoms with Crippen molar-refractivity contribution in [1.29, 1.82) is 5.26 Å². The summed E-state index contributed by atoms with van der Waals surface area (Å²) in [6.45, 7) is 3.77. The summed E-state index contributed by atoms with van der Waals surface area (Å²) >= 11 is 1.48. The Morgan fingerprint density at radius 2 is 2.31 bits per heavy atom. The van der Waals surface area contributed by atoms with E-state index in [1.807, 2.05) is 25.3 Å². The lowest BCUT2D eigenvalue weighted by atomic mass is 9.90. The van der Waals surface area contributed by atoms with Crippen LogP contribution in [-0.2, 0) is 0 Å². The maximum absolute atomic E-state index is 11.7. The molecule has 3 heteroatoms. The van der Waals surface area contributed by atoms with Crippen LogP contribution in [0.1, 0.15) is 24.2 Å². The fraction of sp³-hybridized carbons (Fsp3) is 0.400. The van der Waals surface area contributed by atoms with Gasteiger partial charge in [0.05, 0.1) is 6.07 Å². The van der Waals surface area contributed by atoms with Crippen molar-refractivity contribution in [1.82, 2.24) is 0 Å². The number of nitrogens with zero attached hydrogens (tertiary/aromatic N) is 1. The first kappa shape index (κ1) is 9.94. The van der Waals surface area contributed by atoms with Crippen LogP contribution in [0.5, 0.6) is 0 Å². The fourth-order valence-electron chi connectivity index (χ4n) is 1.09. The first-order valence-corrected chi connectivity index (χ1v) is 5.07. The van der Waals surface area contributed by atoms with Crippen molar-refractivity contribution >= 4 is 17.1 Å². The number of rotatable bonds is 3. The molecule has 0 fully saturated rings. The maximum atomic E-state index is 11.7. The molecule has 1 atom stereocenters. The summed E-state index contributed by atoms with van der Waals surface area (Å²) in [6.07, 6.45) is 0. The van der Waals surface area contributed by atoms with Crippen LogP contribution >= 0.6 is 11.3 Å². The number of thiophene rings is 1. The van der Waals surface area contributed by atoms with E-state index in [9.17, 15) is 4.79 Å². The molecule has 0 aliphatic rings. The van der Waals surface area contributed by atoms with Gasteiger partial charge in [0.2, 0.25) is 0 Å². The predicted octanol–water partition coefficient (Wildman–Crippen LogP) is 2.73. The summed E-state index contributed by atoms with van der Waals surface area (Å²) in [5, 5.41) is 12.4. The number of carbonyl (C=O) groups excluding carboxylic acids is 1. The number of ketones is 1. The minimum absolute atomic E-state index is 0.0567. The molecule has 0 aliphatic heterocycles. The summed E-state index contributed by atoms with van der Waals surface area (Å²) in [4.78, 5) is 11.7. The van der Waals surface area contributed by atoms with Crippen LogP contribution in [0.2, 0.25) is 0 Å². The Hall–Kier alpha value is -1.14. The van der Waals surface area contributed by atoms with Crippen LogP contribution in [0.3, 0.4) is 0 Å². The van der Waals surface area contributed by atoms with Gasteiger partial charge < -0.3 is 0 Å². The minimum Gasteiger partial charge on any atom is -0.293 e. The SMILES string of the molecule is CC(C)[C@@H](C#N)C(=O)c1ccsc1. The first-order chi connectivity index (χ1) is 6.16. The highest BCUT2D eigenvalue weighted by Gasteiger charge is 2.22. The van der Waals surface area contributed by atoms with E-state index in [2.05, 4.69) is 0 Å². The van der Waals surface area contributed by atoms with Gasteiger partial charge in [0, 0.05) is 10.9 Å². The Morgan fingerprint density at radius 1 is 1.62 bits per heavy atom. The second-order valence-electron chi connectivity index (χ2n) is 3.23. The van der Waals surface area contributed by atoms with Crippen LogP contribution in [0.4, 0.5) is 0 Å². The van der Waals surface area contributed by atoms with E-state index < -0.39 is 5.92 Å². The zero-order valence-electron chi connectivity index (χ0n) is 7.65. The summed E-state index contributed by atoms with van der Waals surface area (Å²) in [6, 6.07) is 3.81. The molecule has 0 radical (unpaired) electrons. The van der Waals surface area contributed by atoms with Gasteiger partial charge in [-0.1, -0.05) is 13.8 Å². The highest BCUT2D eigenvalue weighted by atomic mass is 32.1. The van der Waals surface area contributed by atoms with E-state index >= 15 is 0 Å². The third kappa shape index (κ3) is 2.16. The molecule has 0 saturated carbocycles. The number of nitriles is 1. The Morgan fingerprint density at radius 3 is 2.69 bits per heavy atom. The van der Waals surface area contributed by atoms with Crippen molar-refractivity contribution in [3.05, 3.63) is 22.4 Å². The van der Waals surface area contributed by atoms with Crippen molar-refractivity contribution < 1.29 is 4.79 Å². The van der Waals surface area contributed by atoms with Crippen LogP contribution in [-0.4, -0.2) is 5.78 Å². The summed E-state index contributed by atoms with van der Waals surface area (Å²) in [7, 11) is 0. The van der Waals surface area contributed by atoms with E-state index in [0.29, 0.717) is 5.56 Å². The van der Waals surface area contributed by atoms with Crippen LogP contribution in [0.25, 0.3) is 0 Å². The molecule has 0 bridgehead atoms. The zero-order chi connectivity index (χ0) is 9.84. The van der Waals surface area contributed by atoms with Gasteiger partial charge in [0.1, 0.15) is 5.92 Å². The molecule has 0 amide bonds. The topological polar surface area (TPSA) is 40.9 Å². The maximum Gasteiger partial charge on any atom is 0.181 e. The monoisotopic (exact) mass is 193 g/mol. The molecule has 68 valence electrons. The van der Waals surface area contributed by atoms with Crippen molar-refractivity contribution in [2.45, 2.75) is 13.8 Å². The Bertz CT molecular complexity index is 321. The van der Waals surface area contributed by atoms with Gasteiger partial charge in [-0.25, -0.2) is 0 Å². The second-order valence-corrected chi connectivity index (χ2v) is 4.01. The number of Topliss-reactive ketones (excluding diaryl/α,β-unsaturated/α-hetero) is 1. The van der Waals surface area contributed by atoms with Gasteiger partial charge in [-0.2, -0.15) is 16.6 Å². The molecule has 13 heavy (non-hydrogen) atoms. The Labute approximate surface area is 81.8 Å². The van der Waals surface area contributed by atoms with E-state index in [-0.39, 0.29) is 11.7 Å². The lowest BCUT2D eigenvalue weighted by molar-refractivity contribution is 0.0925. The Kier molecular flexibility index (Phi) is 3.21. The third-order valence-corrected chi connectivity index (χ3v) is 2.58. The molecule has 0 aromatic carbocycles. The lowest BCUT2D eigenvalue weighted by Crippen LogP contribution is -2.17. The molecule has 0 saturated heterocycles. The van der Waals surface area contributed by atoms with Crippen LogP contribution < -0.4 is 0 Å². The average molecular weight is 193 g/mol. The minimum atomic E-state index is -0.505. The Balaban J connectivity index is 2.85. The number of hydrogen-bond donors (Lipinski definition) is 0. The number of carbonyl (C=O) groups is 1. The molecule has 0 spiro atoms. The summed E-state index contributed by atoms with van der Waals surface area (Å²) in [5.74, 6) is -0.481. The molecule has 2 nitrogen and oxygen atoms in total. The summed E-state index contributed by atoms with van der Waals surface area (Å²) in [5.41, 5.74) is 0.658. The van der Waals surface area contributed by atoms with Gasteiger partial charge >= 0.3 is 0 Å². The molecule has 1 aromatic heterocycles. The van der Waals surface area contributed by atoms with E-state index in [1.165, 1.54) is 11.3 Å². The molecule has 0 N–H and O–H groups in total. The lowest BCUT2D eigenvalue weighted by Gasteiger charge is -2.09. The van der Waals surface area contributed by atoms with E-state index in [1.54, 1.807) is 11.4 Å². The molecule has 1 aromatic rings. The summed E-state index contributed by atoms with van der Waals surface area (Å²) < 4.78 is 0. The first-order valence-electron chi connectivity index (χ1n) is 4.13. The molecule has 0 unspecified atom stereocenters. The molecule has 1 rings (SSSR count). The quantitative estimate of drug-likeness (QED) is 0.692. The van der Waals surface area contributed by atoms with Crippen LogP contribution in [0.15, 0.2) is 16.8 Å². The van der Waals surface area contributed by atoms with Gasteiger partial charge in [0.15, 0.2) is 5.78 Å². The van der Waals surface area contributed by atoms with Gasteiger partial charge in [-0.05, 0) is 17.4 Å². The van der Waals surface area contributed by atoms with Crippen molar-refractivity contribution in [2.75, 3.05) is 0 Å². The normalized spacial score (nSPS) is 12.5. The smallest absolute Gasteiger partial charge is 0.181 e. The van der Waals surface area contributed by atoms with E-state index in [0.717, 1.165) is 0 Å². The largest absolute Gasteiger partial charge is 0.293 e. The highest BCUT2D eigenvalue weighted by Crippen LogP contribution is 2.18. The zero-order valence-corrected chi connectivity index (χ0v) is 8.47. The standard InChI is InChI=1S/C10H11NOS/c1-7(2)9(5-11)10(12)8-3-4-13-6-8/h3-4,6-7,9H,1-2H3/t9-/m1/s1. The van der Waals surface area contributed by atoms with Crippen molar-refractivity contribution in [3.8, 4) is 6.07 Å². The predicted molar refractivity (Wildman–Crippen MR) is 52.6 cm³/mol. The highest BCUT2D eigenvalue weighted by molar-refractivity contribution is 7.08. The van der Waals surface area contributed by atoms with Crippen molar-refractivity contribution in [2.24, 2.45) is 11.8 Å². The van der Waals surface area contributed by atoms with Crippen molar-refractivity contribution in [3.63, 3.8) is 0 Å². The fourth-order valence-corrected chi connectivity index (χ4v) is 1.74. The molecule has 1 heterocycles. The van der Waals surface area contributed by atoms with Gasteiger partial charge in [-0.15, -0.1) is 0 Å². The third-order valence-electron chi connectivity index (χ3n) is 1.89.